The fourth-order valence-corrected chi connectivity index (χ4v) is 7.22. The number of fused-ring (bicyclic) bond motifs is 8. The van der Waals surface area contributed by atoms with Gasteiger partial charge in [-0.25, -0.2) is 9.97 Å². The zero-order chi connectivity index (χ0) is 33.6. The van der Waals surface area contributed by atoms with Gasteiger partial charge in [-0.15, -0.1) is 0 Å². The van der Waals surface area contributed by atoms with Gasteiger partial charge < -0.3 is 9.97 Å². The van der Waals surface area contributed by atoms with E-state index in [1.54, 1.807) is 0 Å². The molecule has 2 aromatic carbocycles. The van der Waals surface area contributed by atoms with Gasteiger partial charge in [0.05, 0.1) is 22.8 Å². The molecule has 0 unspecified atom stereocenters. The summed E-state index contributed by atoms with van der Waals surface area (Å²) >= 11 is 7.24. The van der Waals surface area contributed by atoms with Crippen molar-refractivity contribution < 1.29 is 0 Å². The molecule has 0 radical (unpaired) electrons. The van der Waals surface area contributed by atoms with Crippen molar-refractivity contribution in [3.8, 4) is 44.5 Å². The van der Waals surface area contributed by atoms with Crippen LogP contribution in [0, 0.1) is 0 Å². The van der Waals surface area contributed by atoms with Crippen molar-refractivity contribution in [3.05, 3.63) is 154 Å². The second kappa shape index (κ2) is 12.6. The van der Waals surface area contributed by atoms with Crippen molar-refractivity contribution in [1.29, 1.82) is 0 Å². The molecule has 0 saturated carbocycles. The standard InChI is InChI=1S/C42H26Br2N6/c43-29-5-1-25(2-6-29)39-31-9-13-35(47-31)41(27-17-21-45-22-18-27)37-15-11-33(49-37)40(26-3-7-30(44)8-4-26)34-12-16-38(50-34)42(28-19-23-46-24-20-28)36-14-10-32(39)48-36/h1-24,47,50H. The number of halogens is 2. The fraction of sp³-hybridized carbons (Fsp3) is 0. The molecule has 2 aliphatic heterocycles. The molecule has 7 heterocycles. The Morgan fingerprint density at radius 3 is 0.920 bits per heavy atom. The van der Waals surface area contributed by atoms with Gasteiger partial charge in [-0.2, -0.15) is 0 Å². The molecule has 7 aromatic rings. The van der Waals surface area contributed by atoms with Crippen LogP contribution in [0.15, 0.2) is 131 Å². The summed E-state index contributed by atoms with van der Waals surface area (Å²) in [7, 11) is 0. The summed E-state index contributed by atoms with van der Waals surface area (Å²) in [5.41, 5.74) is 15.3. The average molecular weight is 775 g/mol. The first kappa shape index (κ1) is 30.4. The SMILES string of the molecule is Brc1ccc(-c2c3nc(c(-c4ccncc4)c4ccc([nH]4)c(-c4ccc(Br)cc4)c4nc(c(-c5ccncc5)c5ccc2[nH]5)C=C4)C=C3)cc1. The molecular formula is C42H26Br2N6. The van der Waals surface area contributed by atoms with Crippen LogP contribution in [-0.4, -0.2) is 29.9 Å². The summed E-state index contributed by atoms with van der Waals surface area (Å²) < 4.78 is 2.03. The number of H-pyrrole nitrogens is 2. The Hall–Kier alpha value is -5.70. The van der Waals surface area contributed by atoms with E-state index in [4.69, 9.17) is 9.97 Å². The lowest BCUT2D eigenvalue weighted by Gasteiger charge is -2.07. The molecule has 8 heteroatoms. The van der Waals surface area contributed by atoms with Gasteiger partial charge in [-0.1, -0.05) is 56.1 Å². The average Bonchev–Trinajstić information content (AvgIpc) is 3.98. The molecule has 9 rings (SSSR count). The van der Waals surface area contributed by atoms with Gasteiger partial charge in [-0.3, -0.25) is 9.97 Å². The Morgan fingerprint density at radius 2 is 0.620 bits per heavy atom. The van der Waals surface area contributed by atoms with Crippen LogP contribution in [0.2, 0.25) is 0 Å². The lowest BCUT2D eigenvalue weighted by molar-refractivity contribution is 1.29. The number of rotatable bonds is 4. The molecule has 0 fully saturated rings. The van der Waals surface area contributed by atoms with E-state index in [-0.39, 0.29) is 0 Å². The summed E-state index contributed by atoms with van der Waals surface area (Å²) in [6.45, 7) is 0. The monoisotopic (exact) mass is 772 g/mol. The Labute approximate surface area is 304 Å². The van der Waals surface area contributed by atoms with Crippen molar-refractivity contribution >= 4 is 78.2 Å². The zero-order valence-electron chi connectivity index (χ0n) is 26.4. The first-order valence-electron chi connectivity index (χ1n) is 16.1. The van der Waals surface area contributed by atoms with Crippen molar-refractivity contribution in [2.75, 3.05) is 0 Å². The summed E-state index contributed by atoms with van der Waals surface area (Å²) in [6.07, 6.45) is 15.7. The first-order valence-corrected chi connectivity index (χ1v) is 17.7. The van der Waals surface area contributed by atoms with Crippen LogP contribution in [0.5, 0.6) is 0 Å². The van der Waals surface area contributed by atoms with E-state index in [0.29, 0.717) is 0 Å². The van der Waals surface area contributed by atoms with E-state index in [9.17, 15) is 0 Å². The van der Waals surface area contributed by atoms with E-state index in [1.165, 1.54) is 0 Å². The largest absolute Gasteiger partial charge is 0.354 e. The maximum absolute atomic E-state index is 5.33. The van der Waals surface area contributed by atoms with Crippen LogP contribution < -0.4 is 0 Å². The Balaban J connectivity index is 1.47. The minimum atomic E-state index is 0.857. The van der Waals surface area contributed by atoms with E-state index >= 15 is 0 Å². The molecule has 0 aliphatic carbocycles. The molecule has 50 heavy (non-hydrogen) atoms. The molecule has 6 nitrogen and oxygen atoms in total. The highest BCUT2D eigenvalue weighted by Crippen LogP contribution is 2.38. The number of aromatic amines is 2. The van der Waals surface area contributed by atoms with Crippen LogP contribution in [-0.2, 0) is 0 Å². The lowest BCUT2D eigenvalue weighted by atomic mass is 10.0. The molecule has 238 valence electrons. The maximum atomic E-state index is 5.33. The number of hydrogen-bond acceptors (Lipinski definition) is 4. The second-order valence-electron chi connectivity index (χ2n) is 12.0. The highest BCUT2D eigenvalue weighted by atomic mass is 79.9. The van der Waals surface area contributed by atoms with Gasteiger partial charge in [0.25, 0.3) is 0 Å². The minimum Gasteiger partial charge on any atom is -0.354 e. The van der Waals surface area contributed by atoms with Gasteiger partial charge >= 0.3 is 0 Å². The third-order valence-electron chi connectivity index (χ3n) is 8.96. The van der Waals surface area contributed by atoms with Crippen LogP contribution in [0.3, 0.4) is 0 Å². The molecule has 0 spiro atoms. The van der Waals surface area contributed by atoms with E-state index in [2.05, 4.69) is 149 Å². The topological polar surface area (TPSA) is 83.1 Å². The lowest BCUT2D eigenvalue weighted by Crippen LogP contribution is -1.90. The van der Waals surface area contributed by atoms with E-state index in [1.807, 2.05) is 49.1 Å². The molecule has 0 amide bonds. The molecule has 2 aliphatic rings. The van der Waals surface area contributed by atoms with Crippen molar-refractivity contribution in [3.63, 3.8) is 0 Å². The quantitative estimate of drug-likeness (QED) is 0.187. The molecule has 0 atom stereocenters. The van der Waals surface area contributed by atoms with Gasteiger partial charge in [0.2, 0.25) is 0 Å². The highest BCUT2D eigenvalue weighted by molar-refractivity contribution is 9.10. The zero-order valence-corrected chi connectivity index (χ0v) is 29.6. The molecular weight excluding hydrogens is 748 g/mol. The predicted octanol–water partition coefficient (Wildman–Crippen LogP) is 11.6. The predicted molar refractivity (Wildman–Crippen MR) is 212 cm³/mol. The summed E-state index contributed by atoms with van der Waals surface area (Å²) in [5, 5.41) is 0. The van der Waals surface area contributed by atoms with Crippen molar-refractivity contribution in [1.82, 2.24) is 29.9 Å². The summed E-state index contributed by atoms with van der Waals surface area (Å²) in [4.78, 5) is 26.8. The van der Waals surface area contributed by atoms with Gasteiger partial charge in [0.1, 0.15) is 0 Å². The third-order valence-corrected chi connectivity index (χ3v) is 10.0. The van der Waals surface area contributed by atoms with Crippen LogP contribution >= 0.6 is 31.9 Å². The van der Waals surface area contributed by atoms with E-state index in [0.717, 1.165) is 98.3 Å². The summed E-state index contributed by atoms with van der Waals surface area (Å²) in [5.74, 6) is 0. The number of nitrogens with one attached hydrogen (secondary N) is 2. The molecule has 8 bridgehead atoms. The molecule has 2 N–H and O–H groups in total. The first-order chi connectivity index (χ1) is 24.6. The normalized spacial score (nSPS) is 12.0. The number of hydrogen-bond donors (Lipinski definition) is 2. The van der Waals surface area contributed by atoms with Crippen molar-refractivity contribution in [2.45, 2.75) is 0 Å². The number of pyridine rings is 2. The van der Waals surface area contributed by atoms with Crippen LogP contribution in [0.25, 0.3) is 90.9 Å². The third kappa shape index (κ3) is 5.52. The van der Waals surface area contributed by atoms with Gasteiger partial charge in [0, 0.05) is 78.1 Å². The number of aromatic nitrogens is 6. The minimum absolute atomic E-state index is 0.857. The summed E-state index contributed by atoms with van der Waals surface area (Å²) in [6, 6.07) is 33.4. The highest BCUT2D eigenvalue weighted by Gasteiger charge is 2.19. The molecule has 5 aromatic heterocycles. The number of nitrogens with zero attached hydrogens (tertiary/aromatic N) is 4. The van der Waals surface area contributed by atoms with Gasteiger partial charge in [0.15, 0.2) is 0 Å². The molecule has 0 saturated heterocycles. The van der Waals surface area contributed by atoms with E-state index < -0.39 is 0 Å². The van der Waals surface area contributed by atoms with Gasteiger partial charge in [-0.05, 0) is 119 Å². The fourth-order valence-electron chi connectivity index (χ4n) is 6.69. The van der Waals surface area contributed by atoms with Crippen molar-refractivity contribution in [2.24, 2.45) is 0 Å². The van der Waals surface area contributed by atoms with Crippen LogP contribution in [0.1, 0.15) is 22.8 Å². The number of benzene rings is 2. The Bertz CT molecular complexity index is 2450. The maximum Gasteiger partial charge on any atom is 0.0737 e. The smallest absolute Gasteiger partial charge is 0.0737 e. The second-order valence-corrected chi connectivity index (χ2v) is 13.8. The van der Waals surface area contributed by atoms with Crippen LogP contribution in [0.4, 0.5) is 0 Å². The Morgan fingerprint density at radius 1 is 0.340 bits per heavy atom. The Kier molecular flexibility index (Phi) is 7.67.